The molecular weight excluding hydrogens is 326 g/mol. The van der Waals surface area contributed by atoms with Gasteiger partial charge in [0.05, 0.1) is 13.2 Å². The van der Waals surface area contributed by atoms with Crippen molar-refractivity contribution in [2.75, 3.05) is 32.9 Å². The van der Waals surface area contributed by atoms with Crippen molar-refractivity contribution in [2.24, 2.45) is 0 Å². The Morgan fingerprint density at radius 1 is 1.19 bits per heavy atom. The van der Waals surface area contributed by atoms with E-state index in [2.05, 4.69) is 51.7 Å². The molecule has 2 rings (SSSR count). The lowest BCUT2D eigenvalue weighted by molar-refractivity contribution is -0.0677. The molecule has 1 aromatic carbocycles. The molecule has 1 fully saturated rings. The summed E-state index contributed by atoms with van der Waals surface area (Å²) in [6.45, 7) is 13.5. The summed E-state index contributed by atoms with van der Waals surface area (Å²) in [6.07, 6.45) is 4.67. The number of nitrogens with zero attached hydrogens (tertiary/aromatic N) is 1. The summed E-state index contributed by atoms with van der Waals surface area (Å²) in [4.78, 5) is 2.41. The minimum Gasteiger partial charge on any atom is -0.490 e. The molecule has 26 heavy (non-hydrogen) atoms. The van der Waals surface area contributed by atoms with Crippen molar-refractivity contribution in [3.05, 3.63) is 28.8 Å². The summed E-state index contributed by atoms with van der Waals surface area (Å²) in [5.74, 6) is 0.866. The Hall–Kier alpha value is -1.10. The normalized spacial score (nSPS) is 21.8. The Morgan fingerprint density at radius 3 is 2.54 bits per heavy atom. The number of aliphatic hydroxyl groups is 1. The number of benzene rings is 1. The number of rotatable bonds is 8. The van der Waals surface area contributed by atoms with Crippen LogP contribution in [0.5, 0.6) is 5.75 Å². The van der Waals surface area contributed by atoms with Crippen molar-refractivity contribution in [1.82, 2.24) is 4.90 Å². The van der Waals surface area contributed by atoms with Crippen molar-refractivity contribution in [2.45, 2.75) is 71.9 Å². The first-order chi connectivity index (χ1) is 12.4. The van der Waals surface area contributed by atoms with Gasteiger partial charge in [0.15, 0.2) is 0 Å². The fraction of sp³-hybridized carbons (Fsp3) is 0.727. The maximum atomic E-state index is 11.2. The Morgan fingerprint density at radius 2 is 1.88 bits per heavy atom. The van der Waals surface area contributed by atoms with Gasteiger partial charge >= 0.3 is 0 Å². The summed E-state index contributed by atoms with van der Waals surface area (Å²) in [6, 6.07) is 4.73. The molecule has 0 saturated carbocycles. The SMILES string of the molecule is CCCC(CCC)N1CCOC[C@@](O)(COc2cc(C)cc(C)c2C)C1. The van der Waals surface area contributed by atoms with Crippen molar-refractivity contribution >= 4 is 0 Å². The molecule has 0 aliphatic carbocycles. The monoisotopic (exact) mass is 363 g/mol. The first-order valence-electron chi connectivity index (χ1n) is 10.1. The van der Waals surface area contributed by atoms with E-state index >= 15 is 0 Å². The summed E-state index contributed by atoms with van der Waals surface area (Å²) in [7, 11) is 0. The number of β-amino-alcohol motifs (C(OH)–C–C–N with tert-alkyl or cyclic N) is 1. The molecule has 1 heterocycles. The van der Waals surface area contributed by atoms with E-state index in [0.29, 0.717) is 25.8 Å². The molecule has 0 spiro atoms. The maximum absolute atomic E-state index is 11.2. The van der Waals surface area contributed by atoms with Crippen LogP contribution < -0.4 is 4.74 Å². The van der Waals surface area contributed by atoms with Gasteiger partial charge in [-0.3, -0.25) is 4.90 Å². The van der Waals surface area contributed by atoms with Gasteiger partial charge < -0.3 is 14.6 Å². The van der Waals surface area contributed by atoms with Gasteiger partial charge in [-0.1, -0.05) is 32.8 Å². The number of hydrogen-bond donors (Lipinski definition) is 1. The van der Waals surface area contributed by atoms with E-state index in [-0.39, 0.29) is 6.61 Å². The summed E-state index contributed by atoms with van der Waals surface area (Å²) in [5, 5.41) is 11.2. The van der Waals surface area contributed by atoms with Crippen molar-refractivity contribution in [3.8, 4) is 5.75 Å². The topological polar surface area (TPSA) is 41.9 Å². The molecule has 148 valence electrons. The van der Waals surface area contributed by atoms with Crippen molar-refractivity contribution in [1.29, 1.82) is 0 Å². The molecule has 1 N–H and O–H groups in total. The van der Waals surface area contributed by atoms with Gasteiger partial charge in [-0.15, -0.1) is 0 Å². The van der Waals surface area contributed by atoms with Crippen LogP contribution in [-0.4, -0.2) is 54.6 Å². The average molecular weight is 364 g/mol. The lowest BCUT2D eigenvalue weighted by Gasteiger charge is -2.35. The van der Waals surface area contributed by atoms with Crippen LogP contribution in [0.3, 0.4) is 0 Å². The maximum Gasteiger partial charge on any atom is 0.134 e. The van der Waals surface area contributed by atoms with Gasteiger partial charge in [0.1, 0.15) is 18.0 Å². The van der Waals surface area contributed by atoms with Crippen molar-refractivity contribution < 1.29 is 14.6 Å². The molecule has 1 aromatic rings. The lowest BCUT2D eigenvalue weighted by atomic mass is 10.0. The molecule has 0 unspecified atom stereocenters. The van der Waals surface area contributed by atoms with Gasteiger partial charge in [0.2, 0.25) is 0 Å². The molecule has 1 aliphatic rings. The molecule has 4 nitrogen and oxygen atoms in total. The second-order valence-corrected chi connectivity index (χ2v) is 7.97. The highest BCUT2D eigenvalue weighted by atomic mass is 16.5. The second-order valence-electron chi connectivity index (χ2n) is 7.97. The second kappa shape index (κ2) is 9.72. The third-order valence-electron chi connectivity index (χ3n) is 5.41. The van der Waals surface area contributed by atoms with E-state index < -0.39 is 5.60 Å². The first kappa shape index (κ1) is 21.2. The number of ether oxygens (including phenoxy) is 2. The first-order valence-corrected chi connectivity index (χ1v) is 10.1. The quantitative estimate of drug-likeness (QED) is 0.757. The predicted octanol–water partition coefficient (Wildman–Crippen LogP) is 4.02. The number of hydrogen-bond acceptors (Lipinski definition) is 4. The predicted molar refractivity (Wildman–Crippen MR) is 107 cm³/mol. The Bertz CT molecular complexity index is 569. The molecule has 0 bridgehead atoms. The third-order valence-corrected chi connectivity index (χ3v) is 5.41. The van der Waals surface area contributed by atoms with Gasteiger partial charge in [-0.25, -0.2) is 0 Å². The Labute approximate surface area is 159 Å². The highest BCUT2D eigenvalue weighted by Crippen LogP contribution is 2.26. The fourth-order valence-electron chi connectivity index (χ4n) is 3.88. The largest absolute Gasteiger partial charge is 0.490 e. The zero-order chi connectivity index (χ0) is 19.2. The van der Waals surface area contributed by atoms with Crippen LogP contribution in [0.4, 0.5) is 0 Å². The van der Waals surface area contributed by atoms with Crippen LogP contribution in [-0.2, 0) is 4.74 Å². The minimum absolute atomic E-state index is 0.262. The fourth-order valence-corrected chi connectivity index (χ4v) is 3.88. The van der Waals surface area contributed by atoms with Crippen LogP contribution >= 0.6 is 0 Å². The van der Waals surface area contributed by atoms with Crippen LogP contribution in [0.1, 0.15) is 56.2 Å². The average Bonchev–Trinajstić information content (AvgIpc) is 2.79. The Kier molecular flexibility index (Phi) is 7.93. The van der Waals surface area contributed by atoms with Crippen LogP contribution in [0.15, 0.2) is 12.1 Å². The summed E-state index contributed by atoms with van der Waals surface area (Å²) >= 11 is 0. The molecule has 0 radical (unpaired) electrons. The van der Waals surface area contributed by atoms with E-state index in [1.165, 1.54) is 36.8 Å². The third kappa shape index (κ3) is 5.70. The van der Waals surface area contributed by atoms with E-state index in [0.717, 1.165) is 17.9 Å². The molecule has 0 aromatic heterocycles. The van der Waals surface area contributed by atoms with E-state index in [1.807, 2.05) is 0 Å². The van der Waals surface area contributed by atoms with Crippen molar-refractivity contribution in [3.63, 3.8) is 0 Å². The lowest BCUT2D eigenvalue weighted by Crippen LogP contribution is -2.51. The molecule has 1 atom stereocenters. The van der Waals surface area contributed by atoms with E-state index in [4.69, 9.17) is 9.47 Å². The van der Waals surface area contributed by atoms with Crippen LogP contribution in [0.2, 0.25) is 0 Å². The molecule has 0 amide bonds. The van der Waals surface area contributed by atoms with E-state index in [9.17, 15) is 5.11 Å². The standard InChI is InChI=1S/C22H37NO3/c1-6-8-20(9-7-2)23-10-11-25-15-22(24,14-23)16-26-21-13-17(3)12-18(4)19(21)5/h12-13,20,24H,6-11,14-16H2,1-5H3/t22-/m1/s1. The van der Waals surface area contributed by atoms with Gasteiger partial charge in [-0.05, 0) is 56.4 Å². The van der Waals surface area contributed by atoms with Gasteiger partial charge in [-0.2, -0.15) is 0 Å². The van der Waals surface area contributed by atoms with Crippen LogP contribution in [0.25, 0.3) is 0 Å². The zero-order valence-corrected chi connectivity index (χ0v) is 17.3. The molecule has 1 aliphatic heterocycles. The molecular formula is C22H37NO3. The highest BCUT2D eigenvalue weighted by molar-refractivity contribution is 5.42. The smallest absolute Gasteiger partial charge is 0.134 e. The highest BCUT2D eigenvalue weighted by Gasteiger charge is 2.35. The molecule has 4 heteroatoms. The van der Waals surface area contributed by atoms with Gasteiger partial charge in [0, 0.05) is 19.1 Å². The molecule has 1 saturated heterocycles. The number of aryl methyl sites for hydroxylation is 2. The summed E-state index contributed by atoms with van der Waals surface area (Å²) in [5.41, 5.74) is 2.57. The Balaban J connectivity index is 2.08. The van der Waals surface area contributed by atoms with Crippen LogP contribution in [0, 0.1) is 20.8 Å². The van der Waals surface area contributed by atoms with Gasteiger partial charge in [0.25, 0.3) is 0 Å². The zero-order valence-electron chi connectivity index (χ0n) is 17.3. The minimum atomic E-state index is -0.972. The summed E-state index contributed by atoms with van der Waals surface area (Å²) < 4.78 is 11.8. The van der Waals surface area contributed by atoms with E-state index in [1.54, 1.807) is 0 Å².